The summed E-state index contributed by atoms with van der Waals surface area (Å²) in [6.45, 7) is -0.567. The monoisotopic (exact) mass is 469 g/mol. The Morgan fingerprint density at radius 3 is 2.12 bits per heavy atom. The molecule has 0 N–H and O–H groups in total. The van der Waals surface area contributed by atoms with Crippen molar-refractivity contribution in [3.8, 4) is 16.9 Å². The first-order valence-electron chi connectivity index (χ1n) is 8.71. The molecule has 5 nitrogen and oxygen atoms in total. The largest absolute Gasteiger partial charge is 0.482 e. The normalized spacial score (nSPS) is 14.8. The van der Waals surface area contributed by atoms with E-state index in [2.05, 4.69) is 9.47 Å². The van der Waals surface area contributed by atoms with Crippen LogP contribution >= 0.6 is 0 Å². The molecule has 0 aromatic heterocycles. The van der Waals surface area contributed by atoms with Crippen molar-refractivity contribution in [2.75, 3.05) is 18.6 Å². The van der Waals surface area contributed by atoms with E-state index in [1.54, 1.807) is 0 Å². The lowest BCUT2D eigenvalue weighted by atomic mass is 10.0. The average molecular weight is 469 g/mol. The Kier molecular flexibility index (Phi) is 6.03. The molecule has 2 aromatic carbocycles. The van der Waals surface area contributed by atoms with Crippen molar-refractivity contribution in [3.63, 3.8) is 0 Å². The first kappa shape index (κ1) is 23.3. The first-order valence-corrected chi connectivity index (χ1v) is 8.71. The second kappa shape index (κ2) is 8.28. The number of benzene rings is 2. The van der Waals surface area contributed by atoms with E-state index in [1.807, 2.05) is 0 Å². The van der Waals surface area contributed by atoms with E-state index in [1.165, 1.54) is 0 Å². The van der Waals surface area contributed by atoms with Crippen molar-refractivity contribution in [3.05, 3.63) is 47.0 Å². The SMILES string of the molecule is COC(=O)CCCN1C(=O)C(F)(F)Oc2cc(F)c(-c3c(F)c(F)c(F)c(F)c3F)cc21. The fraction of sp³-hybridized carbons (Fsp3) is 0.263. The smallest absolute Gasteiger partial charge is 0.469 e. The van der Waals surface area contributed by atoms with Gasteiger partial charge in [0.25, 0.3) is 0 Å². The highest BCUT2D eigenvalue weighted by atomic mass is 19.3. The third kappa shape index (κ3) is 3.82. The van der Waals surface area contributed by atoms with Crippen molar-refractivity contribution in [2.45, 2.75) is 19.0 Å². The van der Waals surface area contributed by atoms with Crippen LogP contribution in [0.3, 0.4) is 0 Å². The number of hydrogen-bond donors (Lipinski definition) is 0. The lowest BCUT2D eigenvalue weighted by Gasteiger charge is -2.34. The van der Waals surface area contributed by atoms with Gasteiger partial charge in [0.1, 0.15) is 5.82 Å². The number of hydrogen-bond acceptors (Lipinski definition) is 4. The predicted octanol–water partition coefficient (Wildman–Crippen LogP) is 4.46. The summed E-state index contributed by atoms with van der Waals surface area (Å²) in [5.41, 5.74) is -3.50. The van der Waals surface area contributed by atoms with Gasteiger partial charge in [0.15, 0.2) is 29.0 Å². The second-order valence-electron chi connectivity index (χ2n) is 6.50. The summed E-state index contributed by atoms with van der Waals surface area (Å²) >= 11 is 0. The van der Waals surface area contributed by atoms with Gasteiger partial charge >= 0.3 is 18.0 Å². The fourth-order valence-electron chi connectivity index (χ4n) is 3.02. The molecule has 13 heteroatoms. The molecule has 0 bridgehead atoms. The Morgan fingerprint density at radius 1 is 1.00 bits per heavy atom. The Balaban J connectivity index is 2.16. The number of esters is 1. The molecule has 0 atom stereocenters. The van der Waals surface area contributed by atoms with Gasteiger partial charge in [0.2, 0.25) is 5.82 Å². The number of methoxy groups -OCH3 is 1. The molecule has 0 spiro atoms. The standard InChI is InChI=1S/C19H11F8NO4/c1-31-11(29)3-2-4-28-9-5-7(8(20)6-10(9)32-19(26,27)18(28)30)12-13(21)15(23)17(25)16(24)14(12)22/h5-6H,2-4H2,1H3. The van der Waals surface area contributed by atoms with Crippen LogP contribution in [0.15, 0.2) is 12.1 Å². The Hall–Kier alpha value is -3.38. The molecule has 0 fully saturated rings. The minimum absolute atomic E-state index is 0.219. The summed E-state index contributed by atoms with van der Waals surface area (Å²) in [7, 11) is 1.06. The zero-order chi connectivity index (χ0) is 24.0. The zero-order valence-electron chi connectivity index (χ0n) is 15.9. The van der Waals surface area contributed by atoms with Gasteiger partial charge in [-0.1, -0.05) is 0 Å². The number of carbonyl (C=O) groups is 2. The molecular formula is C19H11F8NO4. The third-order valence-electron chi connectivity index (χ3n) is 4.54. The number of carbonyl (C=O) groups excluding carboxylic acids is 2. The third-order valence-corrected chi connectivity index (χ3v) is 4.54. The van der Waals surface area contributed by atoms with Crippen molar-refractivity contribution in [1.82, 2.24) is 0 Å². The van der Waals surface area contributed by atoms with E-state index in [9.17, 15) is 44.7 Å². The Labute approximate surface area is 174 Å². The van der Waals surface area contributed by atoms with Gasteiger partial charge in [-0.15, -0.1) is 0 Å². The summed E-state index contributed by atoms with van der Waals surface area (Å²) in [5.74, 6) is -17.2. The molecule has 1 amide bonds. The summed E-state index contributed by atoms with van der Waals surface area (Å²) in [6, 6.07) is 0.657. The van der Waals surface area contributed by atoms with E-state index in [0.29, 0.717) is 11.0 Å². The molecule has 172 valence electrons. The first-order chi connectivity index (χ1) is 14.9. The molecule has 3 rings (SSSR count). The molecule has 0 saturated carbocycles. The summed E-state index contributed by atoms with van der Waals surface area (Å²) < 4.78 is 120. The number of amides is 1. The highest BCUT2D eigenvalue weighted by Crippen LogP contribution is 2.44. The fourth-order valence-corrected chi connectivity index (χ4v) is 3.02. The van der Waals surface area contributed by atoms with Crippen LogP contribution in [-0.2, 0) is 14.3 Å². The van der Waals surface area contributed by atoms with Crippen LogP contribution in [0, 0.1) is 34.9 Å². The molecule has 0 saturated heterocycles. The number of halogens is 8. The molecule has 1 aliphatic heterocycles. The maximum atomic E-state index is 14.5. The van der Waals surface area contributed by atoms with Gasteiger partial charge in [-0.2, -0.15) is 8.78 Å². The van der Waals surface area contributed by atoms with Crippen molar-refractivity contribution in [1.29, 1.82) is 0 Å². The Morgan fingerprint density at radius 2 is 1.56 bits per heavy atom. The molecule has 0 radical (unpaired) electrons. The lowest BCUT2D eigenvalue weighted by molar-refractivity contribution is -0.192. The van der Waals surface area contributed by atoms with Crippen LogP contribution in [0.2, 0.25) is 0 Å². The molecule has 0 aliphatic carbocycles. The number of rotatable bonds is 5. The number of fused-ring (bicyclic) bond motifs is 1. The van der Waals surface area contributed by atoms with Crippen LogP contribution in [0.1, 0.15) is 12.8 Å². The summed E-state index contributed by atoms with van der Waals surface area (Å²) in [6.07, 6.45) is -4.98. The van der Waals surface area contributed by atoms with Gasteiger partial charge in [-0.25, -0.2) is 26.3 Å². The molecule has 32 heavy (non-hydrogen) atoms. The zero-order valence-corrected chi connectivity index (χ0v) is 15.9. The maximum absolute atomic E-state index is 14.5. The summed E-state index contributed by atoms with van der Waals surface area (Å²) in [5, 5.41) is 0. The van der Waals surface area contributed by atoms with Gasteiger partial charge in [0, 0.05) is 24.6 Å². The highest BCUT2D eigenvalue weighted by Gasteiger charge is 2.50. The minimum Gasteiger partial charge on any atom is -0.469 e. The molecule has 0 unspecified atom stereocenters. The van der Waals surface area contributed by atoms with E-state index < -0.39 is 82.0 Å². The van der Waals surface area contributed by atoms with Crippen molar-refractivity contribution < 1.29 is 54.2 Å². The molecular weight excluding hydrogens is 458 g/mol. The van der Waals surface area contributed by atoms with Crippen molar-refractivity contribution in [2.24, 2.45) is 0 Å². The van der Waals surface area contributed by atoms with E-state index in [4.69, 9.17) is 0 Å². The lowest BCUT2D eigenvalue weighted by Crippen LogP contribution is -2.51. The van der Waals surface area contributed by atoms with E-state index in [0.717, 1.165) is 7.11 Å². The quantitative estimate of drug-likeness (QED) is 0.281. The maximum Gasteiger partial charge on any atom is 0.482 e. The van der Waals surface area contributed by atoms with Crippen LogP contribution in [0.5, 0.6) is 5.75 Å². The molecule has 1 heterocycles. The number of ether oxygens (including phenoxy) is 2. The van der Waals surface area contributed by atoms with Gasteiger partial charge in [-0.05, 0) is 12.5 Å². The second-order valence-corrected chi connectivity index (χ2v) is 6.50. The van der Waals surface area contributed by atoms with Crippen LogP contribution in [-0.4, -0.2) is 31.6 Å². The Bertz CT molecular complexity index is 1090. The summed E-state index contributed by atoms with van der Waals surface area (Å²) in [4.78, 5) is 23.7. The number of anilines is 1. The highest BCUT2D eigenvalue weighted by molar-refractivity contribution is 6.01. The van der Waals surface area contributed by atoms with Crippen LogP contribution < -0.4 is 9.64 Å². The van der Waals surface area contributed by atoms with E-state index >= 15 is 0 Å². The van der Waals surface area contributed by atoms with Crippen LogP contribution in [0.25, 0.3) is 11.1 Å². The predicted molar refractivity (Wildman–Crippen MR) is 90.8 cm³/mol. The van der Waals surface area contributed by atoms with Crippen molar-refractivity contribution >= 4 is 17.6 Å². The number of nitrogens with zero attached hydrogens (tertiary/aromatic N) is 1. The van der Waals surface area contributed by atoms with Gasteiger partial charge in [0.05, 0.1) is 18.4 Å². The van der Waals surface area contributed by atoms with Gasteiger partial charge in [-0.3, -0.25) is 9.59 Å². The van der Waals surface area contributed by atoms with E-state index in [-0.39, 0.29) is 18.9 Å². The average Bonchev–Trinajstić information content (AvgIpc) is 2.74. The molecule has 2 aromatic rings. The number of alkyl halides is 2. The van der Waals surface area contributed by atoms with Gasteiger partial charge < -0.3 is 14.4 Å². The topological polar surface area (TPSA) is 55.8 Å². The molecule has 1 aliphatic rings. The minimum atomic E-state index is -4.45. The van der Waals surface area contributed by atoms with Crippen LogP contribution in [0.4, 0.5) is 40.8 Å².